The Kier molecular flexibility index (Phi) is 5.91. The van der Waals surface area contributed by atoms with Crippen LogP contribution in [0.4, 0.5) is 0 Å². The zero-order valence-corrected chi connectivity index (χ0v) is 15.9. The first kappa shape index (κ1) is 18.7. The molecule has 1 heterocycles. The fraction of sp³-hybridized carbons (Fsp3) is 0.273. The number of ether oxygens (including phenoxy) is 1. The van der Waals surface area contributed by atoms with Gasteiger partial charge in [-0.25, -0.2) is 0 Å². The van der Waals surface area contributed by atoms with Gasteiger partial charge in [0.1, 0.15) is 18.1 Å². The number of benzene rings is 2. The normalized spacial score (nSPS) is 11.8. The van der Waals surface area contributed by atoms with Gasteiger partial charge in [0.2, 0.25) is 0 Å². The van der Waals surface area contributed by atoms with Crippen LogP contribution < -0.4 is 10.1 Å². The first-order valence-electron chi connectivity index (χ1n) is 9.09. The van der Waals surface area contributed by atoms with Crippen molar-refractivity contribution in [1.29, 1.82) is 0 Å². The van der Waals surface area contributed by atoms with Crippen LogP contribution in [0.5, 0.6) is 5.75 Å². The van der Waals surface area contributed by atoms with Crippen LogP contribution in [0, 0.1) is 13.8 Å². The number of para-hydroxylation sites is 1. The number of carbonyl (C=O) groups excluding carboxylic acids is 1. The summed E-state index contributed by atoms with van der Waals surface area (Å²) in [5.74, 6) is 1.10. The molecule has 0 radical (unpaired) electrons. The van der Waals surface area contributed by atoms with Crippen molar-refractivity contribution in [2.75, 3.05) is 0 Å². The van der Waals surface area contributed by atoms with Crippen molar-refractivity contribution < 1.29 is 14.1 Å². The van der Waals surface area contributed by atoms with Gasteiger partial charge in [-0.05, 0) is 37.5 Å². The highest BCUT2D eigenvalue weighted by molar-refractivity contribution is 5.94. The van der Waals surface area contributed by atoms with Gasteiger partial charge < -0.3 is 14.6 Å². The molecule has 0 saturated heterocycles. The van der Waals surface area contributed by atoms with Crippen LogP contribution in [0.25, 0.3) is 0 Å². The van der Waals surface area contributed by atoms with E-state index in [9.17, 15) is 4.79 Å². The molecule has 2 aromatic carbocycles. The van der Waals surface area contributed by atoms with E-state index in [1.165, 1.54) is 0 Å². The maximum absolute atomic E-state index is 12.8. The van der Waals surface area contributed by atoms with Gasteiger partial charge >= 0.3 is 0 Å². The Bertz CT molecular complexity index is 903. The molecule has 0 aliphatic rings. The second-order valence-corrected chi connectivity index (χ2v) is 6.47. The second-order valence-electron chi connectivity index (χ2n) is 6.47. The average Bonchev–Trinajstić information content (AvgIpc) is 3.06. The largest absolute Gasteiger partial charge is 0.488 e. The molecule has 3 rings (SSSR count). The highest BCUT2D eigenvalue weighted by atomic mass is 16.5. The van der Waals surface area contributed by atoms with E-state index >= 15 is 0 Å². The van der Waals surface area contributed by atoms with Crippen LogP contribution in [0.15, 0.2) is 59.1 Å². The standard InChI is InChI=1S/C22H24N2O3/c1-4-19(17-11-6-5-7-12-17)23-22(25)21-18(16(3)27-24-21)14-26-20-13-9-8-10-15(20)2/h5-13,19H,4,14H2,1-3H3,(H,23,25). The molecule has 140 valence electrons. The Morgan fingerprint density at radius 3 is 2.52 bits per heavy atom. The van der Waals surface area contributed by atoms with Crippen molar-refractivity contribution in [1.82, 2.24) is 10.5 Å². The summed E-state index contributed by atoms with van der Waals surface area (Å²) in [6.45, 7) is 6.03. The summed E-state index contributed by atoms with van der Waals surface area (Å²) in [5.41, 5.74) is 3.04. The average molecular weight is 364 g/mol. The first-order valence-corrected chi connectivity index (χ1v) is 9.09. The molecule has 3 aromatic rings. The lowest BCUT2D eigenvalue weighted by atomic mass is 10.0. The maximum Gasteiger partial charge on any atom is 0.274 e. The third kappa shape index (κ3) is 4.37. The fourth-order valence-corrected chi connectivity index (χ4v) is 2.94. The van der Waals surface area contributed by atoms with Crippen molar-refractivity contribution in [3.63, 3.8) is 0 Å². The molecule has 1 N–H and O–H groups in total. The van der Waals surface area contributed by atoms with Gasteiger partial charge in [-0.3, -0.25) is 4.79 Å². The molecular formula is C22H24N2O3. The molecule has 1 aromatic heterocycles. The van der Waals surface area contributed by atoms with E-state index in [1.54, 1.807) is 6.92 Å². The van der Waals surface area contributed by atoms with Crippen molar-refractivity contribution in [3.05, 3.63) is 82.7 Å². The van der Waals surface area contributed by atoms with Crippen LogP contribution in [0.1, 0.15) is 52.3 Å². The quantitative estimate of drug-likeness (QED) is 0.657. The summed E-state index contributed by atoms with van der Waals surface area (Å²) >= 11 is 0. The molecule has 0 fully saturated rings. The Labute approximate surface area is 159 Å². The summed E-state index contributed by atoms with van der Waals surface area (Å²) in [4.78, 5) is 12.8. The van der Waals surface area contributed by atoms with E-state index in [0.29, 0.717) is 11.3 Å². The van der Waals surface area contributed by atoms with Gasteiger partial charge in [0, 0.05) is 0 Å². The van der Waals surface area contributed by atoms with Crippen molar-refractivity contribution in [2.24, 2.45) is 0 Å². The van der Waals surface area contributed by atoms with Gasteiger partial charge in [-0.15, -0.1) is 0 Å². The zero-order chi connectivity index (χ0) is 19.2. The van der Waals surface area contributed by atoms with Crippen molar-refractivity contribution in [3.8, 4) is 5.75 Å². The minimum absolute atomic E-state index is 0.0826. The van der Waals surface area contributed by atoms with Gasteiger partial charge in [-0.2, -0.15) is 0 Å². The maximum atomic E-state index is 12.8. The third-order valence-corrected chi connectivity index (χ3v) is 4.58. The predicted molar refractivity (Wildman–Crippen MR) is 104 cm³/mol. The number of hydrogen-bond acceptors (Lipinski definition) is 4. The number of nitrogens with zero attached hydrogens (tertiary/aromatic N) is 1. The van der Waals surface area contributed by atoms with Gasteiger partial charge in [0.25, 0.3) is 5.91 Å². The Hall–Kier alpha value is -3.08. The summed E-state index contributed by atoms with van der Waals surface area (Å²) in [6.07, 6.45) is 0.779. The number of aryl methyl sites for hydroxylation is 2. The number of hydrogen-bond donors (Lipinski definition) is 1. The number of carbonyl (C=O) groups is 1. The molecule has 1 atom stereocenters. The van der Waals surface area contributed by atoms with E-state index in [2.05, 4.69) is 10.5 Å². The molecule has 0 spiro atoms. The molecule has 0 bridgehead atoms. The number of nitrogens with one attached hydrogen (secondary N) is 1. The topological polar surface area (TPSA) is 64.4 Å². The number of aromatic nitrogens is 1. The third-order valence-electron chi connectivity index (χ3n) is 4.58. The van der Waals surface area contributed by atoms with E-state index in [4.69, 9.17) is 9.26 Å². The number of amides is 1. The molecular weight excluding hydrogens is 340 g/mol. The molecule has 0 saturated carbocycles. The van der Waals surface area contributed by atoms with E-state index in [1.807, 2.05) is 68.4 Å². The first-order chi connectivity index (χ1) is 13.1. The van der Waals surface area contributed by atoms with Gasteiger partial charge in [0.05, 0.1) is 11.6 Å². The minimum atomic E-state index is -0.258. The lowest BCUT2D eigenvalue weighted by Crippen LogP contribution is -2.29. The number of rotatable bonds is 7. The van der Waals surface area contributed by atoms with Crippen LogP contribution in [-0.4, -0.2) is 11.1 Å². The van der Waals surface area contributed by atoms with Crippen molar-refractivity contribution in [2.45, 2.75) is 39.8 Å². The molecule has 5 nitrogen and oxygen atoms in total. The molecule has 27 heavy (non-hydrogen) atoms. The smallest absolute Gasteiger partial charge is 0.274 e. The van der Waals surface area contributed by atoms with Crippen LogP contribution >= 0.6 is 0 Å². The van der Waals surface area contributed by atoms with Crippen LogP contribution in [0.2, 0.25) is 0 Å². The van der Waals surface area contributed by atoms with Crippen molar-refractivity contribution >= 4 is 5.91 Å². The molecule has 1 unspecified atom stereocenters. The van der Waals surface area contributed by atoms with E-state index in [-0.39, 0.29) is 24.2 Å². The van der Waals surface area contributed by atoms with E-state index < -0.39 is 0 Å². The SMILES string of the molecule is CCC(NC(=O)c1noc(C)c1COc1ccccc1C)c1ccccc1. The Morgan fingerprint density at radius 2 is 1.81 bits per heavy atom. The molecule has 0 aliphatic heterocycles. The Morgan fingerprint density at radius 1 is 1.11 bits per heavy atom. The van der Waals surface area contributed by atoms with Crippen LogP contribution in [0.3, 0.4) is 0 Å². The van der Waals surface area contributed by atoms with Gasteiger partial charge in [-0.1, -0.05) is 60.6 Å². The summed E-state index contributed by atoms with van der Waals surface area (Å²) in [6, 6.07) is 17.6. The lowest BCUT2D eigenvalue weighted by molar-refractivity contribution is 0.0924. The second kappa shape index (κ2) is 8.54. The minimum Gasteiger partial charge on any atom is -0.488 e. The zero-order valence-electron chi connectivity index (χ0n) is 15.9. The highest BCUT2D eigenvalue weighted by Gasteiger charge is 2.23. The predicted octanol–water partition coefficient (Wildman–Crippen LogP) is 4.75. The van der Waals surface area contributed by atoms with E-state index in [0.717, 1.165) is 23.3 Å². The summed E-state index contributed by atoms with van der Waals surface area (Å²) in [7, 11) is 0. The lowest BCUT2D eigenvalue weighted by Gasteiger charge is -2.17. The van der Waals surface area contributed by atoms with Gasteiger partial charge in [0.15, 0.2) is 5.69 Å². The monoisotopic (exact) mass is 364 g/mol. The summed E-state index contributed by atoms with van der Waals surface area (Å²) in [5, 5.41) is 7.01. The molecule has 1 amide bonds. The fourth-order valence-electron chi connectivity index (χ4n) is 2.94. The Balaban J connectivity index is 1.75. The van der Waals surface area contributed by atoms with Crippen LogP contribution in [-0.2, 0) is 6.61 Å². The highest BCUT2D eigenvalue weighted by Crippen LogP contribution is 2.22. The molecule has 5 heteroatoms. The summed E-state index contributed by atoms with van der Waals surface area (Å²) < 4.78 is 11.2. The molecule has 0 aliphatic carbocycles.